The summed E-state index contributed by atoms with van der Waals surface area (Å²) in [6.07, 6.45) is 9.94. The van der Waals surface area contributed by atoms with E-state index in [1.165, 1.54) is 33.4 Å². The van der Waals surface area contributed by atoms with Gasteiger partial charge < -0.3 is 24.8 Å². The molecule has 10 rings (SSSR count). The van der Waals surface area contributed by atoms with Crippen LogP contribution < -0.4 is 24.8 Å². The molecule has 0 N–H and O–H groups in total. The Morgan fingerprint density at radius 1 is 0.352 bits per heavy atom. The van der Waals surface area contributed by atoms with Crippen LogP contribution in [-0.4, -0.2) is 12.0 Å². The van der Waals surface area contributed by atoms with E-state index >= 15 is 0 Å². The van der Waals surface area contributed by atoms with Crippen LogP contribution in [0.3, 0.4) is 0 Å². The zero-order valence-electron chi connectivity index (χ0n) is 31.4. The third-order valence-electron chi connectivity index (χ3n) is 12.0. The van der Waals surface area contributed by atoms with Gasteiger partial charge in [0.2, 0.25) is 0 Å². The normalized spacial score (nSPS) is 16.6. The molecule has 54 heavy (non-hydrogen) atoms. The summed E-state index contributed by atoms with van der Waals surface area (Å²) in [4.78, 5) is 0. The molecule has 0 amide bonds. The summed E-state index contributed by atoms with van der Waals surface area (Å²) in [5, 5.41) is 0. The molecule has 0 radical (unpaired) electrons. The van der Waals surface area contributed by atoms with Crippen molar-refractivity contribution in [2.75, 3.05) is 0 Å². The van der Waals surface area contributed by atoms with Gasteiger partial charge in [-0.3, -0.25) is 0 Å². The van der Waals surface area contributed by atoms with Gasteiger partial charge in [0.25, 0.3) is 0 Å². The van der Waals surface area contributed by atoms with E-state index in [0.717, 1.165) is 14.7 Å². The predicted molar refractivity (Wildman–Crippen MR) is 222 cm³/mol. The molecule has 268 valence electrons. The molecule has 6 heteroatoms. The Bertz CT molecular complexity index is 2090. The van der Waals surface area contributed by atoms with Crippen LogP contribution in [-0.2, 0) is 41.2 Å². The van der Waals surface area contributed by atoms with Crippen LogP contribution in [0, 0.1) is 0 Å². The van der Waals surface area contributed by atoms with Gasteiger partial charge in [-0.1, -0.05) is 0 Å². The summed E-state index contributed by atoms with van der Waals surface area (Å²) < 4.78 is 2.99. The van der Waals surface area contributed by atoms with Crippen molar-refractivity contribution in [1.29, 1.82) is 0 Å². The largest absolute Gasteiger partial charge is 1.00 e. The van der Waals surface area contributed by atoms with Gasteiger partial charge >= 0.3 is 331 Å². The Kier molecular flexibility index (Phi) is 12.5. The molecule has 0 aliphatic heterocycles. The summed E-state index contributed by atoms with van der Waals surface area (Å²) in [6, 6.07) is 55.1. The molecular formula is C48H46Cl2Hf2Si2. The summed E-state index contributed by atoms with van der Waals surface area (Å²) in [5.41, 5.74) is 18.7. The van der Waals surface area contributed by atoms with Crippen molar-refractivity contribution >= 4 is 24.1 Å². The first kappa shape index (κ1) is 39.8. The van der Waals surface area contributed by atoms with Crippen LogP contribution in [0.15, 0.2) is 158 Å². The minimum Gasteiger partial charge on any atom is -1.00 e. The van der Waals surface area contributed by atoms with Crippen molar-refractivity contribution in [1.82, 2.24) is 0 Å². The zero-order valence-corrected chi connectivity index (χ0v) is 42.4. The molecule has 0 spiro atoms. The molecule has 2 atom stereocenters. The second-order valence-corrected chi connectivity index (χ2v) is 71.7. The van der Waals surface area contributed by atoms with E-state index in [4.69, 9.17) is 0 Å². The minimum absolute atomic E-state index is 0. The van der Waals surface area contributed by atoms with Crippen LogP contribution in [0.25, 0.3) is 34.4 Å². The molecule has 0 aromatic heterocycles. The number of rotatable bonds is 6. The summed E-state index contributed by atoms with van der Waals surface area (Å²) in [7, 11) is 0. The summed E-state index contributed by atoms with van der Waals surface area (Å²) in [6.45, 7) is 10.5. The minimum atomic E-state index is -2.01. The van der Waals surface area contributed by atoms with Crippen LogP contribution in [0.5, 0.6) is 0 Å². The van der Waals surface area contributed by atoms with Gasteiger partial charge in [-0.2, -0.15) is 0 Å². The average Bonchev–Trinajstić information content (AvgIpc) is 3.95. The SMILES string of the molecule is C[SiH](C)[Hf+]([CH]1C=Cc2ccccc21)[CH]1c2ccccc2-c2ccccc21.C[SiH](C)[Hf+]([CH]1C=Cc2ccccc21)[CH]1c2ccccc2-c2ccccc21.[Cl-].[Cl-]. The maximum absolute atomic E-state index is 2.63. The monoisotopic (exact) mass is 1110 g/mol. The van der Waals surface area contributed by atoms with Crippen LogP contribution in [0.2, 0.25) is 26.2 Å². The van der Waals surface area contributed by atoms with E-state index in [1.54, 1.807) is 33.4 Å². The first-order valence-corrected chi connectivity index (χ1v) is 45.7. The Hall–Kier alpha value is -2.45. The first-order chi connectivity index (χ1) is 25.5. The van der Waals surface area contributed by atoms with Gasteiger partial charge in [0, 0.05) is 0 Å². The smallest absolute Gasteiger partial charge is 1.00 e. The molecule has 0 saturated heterocycles. The first-order valence-electron chi connectivity index (χ1n) is 19.1. The van der Waals surface area contributed by atoms with E-state index in [2.05, 4.69) is 196 Å². The van der Waals surface area contributed by atoms with Crippen molar-refractivity contribution in [2.24, 2.45) is 0 Å². The molecule has 6 aromatic rings. The Morgan fingerprint density at radius 2 is 0.611 bits per heavy atom. The van der Waals surface area contributed by atoms with Gasteiger partial charge in [0.05, 0.1) is 0 Å². The van der Waals surface area contributed by atoms with Crippen LogP contribution in [0.1, 0.15) is 59.2 Å². The number of benzene rings is 6. The standard InChI is InChI=1S/2C13H9.2C9H7.2C2H7Si.2ClH.2Hf/c2*1-3-7-12-10(5-1)9-11-6-2-4-8-13(11)12;2*1-2-5-9-7-3-6-8(9)4-1;2*1-3-2;;;;/h2*1-9H;2*1-7H;2*3H,1-2H3;2*1H;;/q;;;;;;;;2*+1/p-2. The van der Waals surface area contributed by atoms with Gasteiger partial charge in [-0.25, -0.2) is 0 Å². The van der Waals surface area contributed by atoms with Crippen molar-refractivity contribution in [3.63, 3.8) is 0 Å². The molecule has 0 nitrogen and oxygen atoms in total. The molecule has 4 aliphatic rings. The third-order valence-corrected chi connectivity index (χ3v) is 72.8. The Balaban J connectivity index is 0.000000161. The van der Waals surface area contributed by atoms with E-state index in [1.807, 2.05) is 0 Å². The predicted octanol–water partition coefficient (Wildman–Crippen LogP) is 6.26. The maximum atomic E-state index is 2.63. The van der Waals surface area contributed by atoms with E-state index in [-0.39, 0.29) is 24.8 Å². The molecule has 0 fully saturated rings. The number of hydrogen-bond donors (Lipinski definition) is 0. The van der Waals surface area contributed by atoms with Crippen molar-refractivity contribution in [3.8, 4) is 22.3 Å². The van der Waals surface area contributed by atoms with E-state index < -0.39 is 53.2 Å². The fourth-order valence-electron chi connectivity index (χ4n) is 9.85. The molecule has 0 heterocycles. The molecule has 2 unspecified atom stereocenters. The average molecular weight is 1110 g/mol. The molecular weight excluding hydrogens is 1060 g/mol. The van der Waals surface area contributed by atoms with E-state index in [0.29, 0.717) is 0 Å². The summed E-state index contributed by atoms with van der Waals surface area (Å²) in [5.74, 6) is -1.41. The number of allylic oxidation sites excluding steroid dienone is 2. The van der Waals surface area contributed by atoms with Gasteiger partial charge in [0.1, 0.15) is 0 Å². The fraction of sp³-hybridized carbons (Fsp3) is 0.167. The Labute approximate surface area is 351 Å². The summed E-state index contributed by atoms with van der Waals surface area (Å²) >= 11 is -4.03. The van der Waals surface area contributed by atoms with E-state index in [9.17, 15) is 0 Å². The number of fused-ring (bicyclic) bond motifs is 8. The van der Waals surface area contributed by atoms with Crippen LogP contribution in [0.4, 0.5) is 0 Å². The van der Waals surface area contributed by atoms with Gasteiger partial charge in [-0.05, 0) is 0 Å². The molecule has 0 saturated carbocycles. The van der Waals surface area contributed by atoms with Crippen molar-refractivity contribution < 1.29 is 66.0 Å². The topological polar surface area (TPSA) is 0 Å². The number of halogens is 2. The number of hydrogen-bond acceptors (Lipinski definition) is 0. The maximum Gasteiger partial charge on any atom is -1.00 e. The zero-order chi connectivity index (χ0) is 35.3. The van der Waals surface area contributed by atoms with Gasteiger partial charge in [-0.15, -0.1) is 0 Å². The second kappa shape index (κ2) is 17.0. The molecule has 6 aromatic carbocycles. The quantitative estimate of drug-likeness (QED) is 0.173. The Morgan fingerprint density at radius 3 is 0.907 bits per heavy atom. The second-order valence-electron chi connectivity index (χ2n) is 15.5. The fourth-order valence-corrected chi connectivity index (χ4v) is 71.2. The molecule has 4 aliphatic carbocycles. The van der Waals surface area contributed by atoms with Crippen molar-refractivity contribution in [3.05, 3.63) is 202 Å². The van der Waals surface area contributed by atoms with Crippen molar-refractivity contribution in [2.45, 2.75) is 40.9 Å². The van der Waals surface area contributed by atoms with Gasteiger partial charge in [0.15, 0.2) is 0 Å². The molecule has 0 bridgehead atoms. The van der Waals surface area contributed by atoms with Crippen LogP contribution >= 0.6 is 0 Å². The third kappa shape index (κ3) is 6.96.